The molecule has 4 N–H and O–H groups in total. The molecule has 1 saturated heterocycles. The minimum atomic E-state index is -4.32. The van der Waals surface area contributed by atoms with Crippen LogP contribution in [-0.2, 0) is 26.6 Å². The van der Waals surface area contributed by atoms with Gasteiger partial charge in [-0.25, -0.2) is 31.1 Å². The molecule has 17 heteroatoms. The van der Waals surface area contributed by atoms with Crippen molar-refractivity contribution in [1.29, 1.82) is 0 Å². The van der Waals surface area contributed by atoms with Crippen LogP contribution in [-0.4, -0.2) is 84.9 Å². The number of anilines is 1. The molecule has 1 aromatic carbocycles. The van der Waals surface area contributed by atoms with E-state index in [1.807, 2.05) is 0 Å². The number of aliphatic hydroxyl groups excluding tert-OH is 1. The predicted octanol–water partition coefficient (Wildman–Crippen LogP) is 1.08. The average molecular weight is 618 g/mol. The zero-order valence-electron chi connectivity index (χ0n) is 23.0. The number of aromatic nitrogens is 1. The molecule has 3 amide bonds. The number of ether oxygens (including phenoxy) is 2. The summed E-state index contributed by atoms with van der Waals surface area (Å²) in [6, 6.07) is -1.03. The van der Waals surface area contributed by atoms with Crippen molar-refractivity contribution in [2.24, 2.45) is 13.0 Å². The first-order valence-corrected chi connectivity index (χ1v) is 14.2. The van der Waals surface area contributed by atoms with Crippen LogP contribution >= 0.6 is 0 Å². The van der Waals surface area contributed by atoms with Crippen molar-refractivity contribution in [1.82, 2.24) is 19.5 Å². The summed E-state index contributed by atoms with van der Waals surface area (Å²) in [4.78, 5) is 39.2. The molecule has 0 aliphatic carbocycles. The van der Waals surface area contributed by atoms with Gasteiger partial charge in [-0.15, -0.1) is 0 Å². The van der Waals surface area contributed by atoms with Crippen LogP contribution < -0.4 is 20.1 Å². The van der Waals surface area contributed by atoms with E-state index in [0.717, 1.165) is 10.8 Å². The highest BCUT2D eigenvalue weighted by molar-refractivity contribution is 7.89. The molecular formula is C25H30F3N5O8S. The summed E-state index contributed by atoms with van der Waals surface area (Å²) in [5, 5.41) is 14.2. The molecular weight excluding hydrogens is 587 g/mol. The van der Waals surface area contributed by atoms with Gasteiger partial charge in [0.2, 0.25) is 15.9 Å². The Morgan fingerprint density at radius 3 is 2.43 bits per heavy atom. The second kappa shape index (κ2) is 11.4. The van der Waals surface area contributed by atoms with E-state index in [1.165, 1.54) is 11.9 Å². The number of halogens is 3. The van der Waals surface area contributed by atoms with Crippen LogP contribution in [0.3, 0.4) is 0 Å². The zero-order chi connectivity index (χ0) is 31.1. The molecule has 1 fully saturated rings. The fraction of sp³-hybridized carbons (Fsp3) is 0.480. The van der Waals surface area contributed by atoms with Gasteiger partial charge in [0.25, 0.3) is 5.91 Å². The molecule has 2 aromatic rings. The molecule has 230 valence electrons. The van der Waals surface area contributed by atoms with Gasteiger partial charge >= 0.3 is 6.09 Å². The monoisotopic (exact) mass is 617 g/mol. The summed E-state index contributed by atoms with van der Waals surface area (Å²) in [6.07, 6.45) is 0.195. The Morgan fingerprint density at radius 2 is 1.83 bits per heavy atom. The molecule has 4 rings (SSSR count). The van der Waals surface area contributed by atoms with Gasteiger partial charge in [0.05, 0.1) is 13.2 Å². The molecule has 2 unspecified atom stereocenters. The number of carbonyl (C=O) groups excluding carboxylic acids is 3. The van der Waals surface area contributed by atoms with Crippen molar-refractivity contribution in [3.63, 3.8) is 0 Å². The number of carbonyl (C=O) groups is 3. The summed E-state index contributed by atoms with van der Waals surface area (Å²) < 4.78 is 81.8. The topological polar surface area (TPSA) is 168 Å². The Kier molecular flexibility index (Phi) is 8.48. The van der Waals surface area contributed by atoms with E-state index < -0.39 is 86.2 Å². The third-order valence-electron chi connectivity index (χ3n) is 6.52. The number of alkyl carbamates (subject to hydrolysis) is 1. The summed E-state index contributed by atoms with van der Waals surface area (Å²) in [7, 11) is -2.96. The summed E-state index contributed by atoms with van der Waals surface area (Å²) in [5.41, 5.74) is -1.56. The Morgan fingerprint density at radius 1 is 1.19 bits per heavy atom. The highest BCUT2D eigenvalue weighted by atomic mass is 32.2. The Balaban J connectivity index is 1.53. The lowest BCUT2D eigenvalue weighted by Gasteiger charge is -2.25. The fourth-order valence-corrected chi connectivity index (χ4v) is 6.14. The first-order chi connectivity index (χ1) is 19.5. The van der Waals surface area contributed by atoms with Crippen LogP contribution in [0, 0.1) is 23.4 Å². The Hall–Kier alpha value is -3.83. The van der Waals surface area contributed by atoms with E-state index in [4.69, 9.17) is 9.47 Å². The van der Waals surface area contributed by atoms with Crippen molar-refractivity contribution in [2.75, 3.05) is 31.6 Å². The second-order valence-electron chi connectivity index (χ2n) is 10.9. The van der Waals surface area contributed by atoms with E-state index in [9.17, 15) is 41.1 Å². The predicted molar refractivity (Wildman–Crippen MR) is 140 cm³/mol. The molecule has 3 heterocycles. The lowest BCUT2D eigenvalue weighted by molar-refractivity contribution is -0.133. The van der Waals surface area contributed by atoms with Crippen LogP contribution in [0.2, 0.25) is 0 Å². The van der Waals surface area contributed by atoms with Gasteiger partial charge in [-0.3, -0.25) is 9.59 Å². The van der Waals surface area contributed by atoms with Crippen LogP contribution in [0.25, 0.3) is 0 Å². The molecule has 0 radical (unpaired) electrons. The van der Waals surface area contributed by atoms with Gasteiger partial charge in [-0.2, -0.15) is 0 Å². The average Bonchev–Trinajstić information content (AvgIpc) is 3.42. The van der Waals surface area contributed by atoms with Crippen molar-refractivity contribution in [3.05, 3.63) is 41.5 Å². The van der Waals surface area contributed by atoms with Crippen LogP contribution in [0.15, 0.2) is 23.2 Å². The normalized spacial score (nSPS) is 20.3. The van der Waals surface area contributed by atoms with Gasteiger partial charge in [0.1, 0.15) is 16.5 Å². The number of hydrogen-bond donors (Lipinski definition) is 4. The zero-order valence-corrected chi connectivity index (χ0v) is 23.9. The van der Waals surface area contributed by atoms with Gasteiger partial charge < -0.3 is 34.7 Å². The molecule has 42 heavy (non-hydrogen) atoms. The van der Waals surface area contributed by atoms with E-state index in [0.29, 0.717) is 12.1 Å². The van der Waals surface area contributed by atoms with Gasteiger partial charge in [0.15, 0.2) is 28.9 Å². The van der Waals surface area contributed by atoms with E-state index >= 15 is 0 Å². The van der Waals surface area contributed by atoms with Crippen molar-refractivity contribution in [3.8, 4) is 5.75 Å². The van der Waals surface area contributed by atoms with Gasteiger partial charge in [-0.1, -0.05) is 0 Å². The first kappa shape index (κ1) is 31.1. The number of benzene rings is 1. The largest absolute Gasteiger partial charge is 0.489 e. The number of likely N-dealkylation sites (tertiary alicyclic amines) is 1. The second-order valence-corrected chi connectivity index (χ2v) is 12.6. The SMILES string of the molecule is Cn1cc2c(c1C(=O)Nc1cc(F)c(F)c(F)c1)OCC1CN(C(=O)[C@H](CO)NC(=O)OC(C)(C)C)CC1NS2(=O)=O. The molecule has 2 aliphatic heterocycles. The summed E-state index contributed by atoms with van der Waals surface area (Å²) in [5.74, 6) is -7.40. The number of fused-ring (bicyclic) bond motifs is 2. The highest BCUT2D eigenvalue weighted by Gasteiger charge is 2.43. The van der Waals surface area contributed by atoms with Gasteiger partial charge in [-0.05, 0) is 20.8 Å². The number of aliphatic hydroxyl groups is 1. The molecule has 0 spiro atoms. The lowest BCUT2D eigenvalue weighted by Crippen LogP contribution is -2.51. The van der Waals surface area contributed by atoms with Gasteiger partial charge in [0, 0.05) is 56.1 Å². The van der Waals surface area contributed by atoms with Crippen molar-refractivity contribution < 1.29 is 50.6 Å². The quantitative estimate of drug-likeness (QED) is 0.362. The highest BCUT2D eigenvalue weighted by Crippen LogP contribution is 2.35. The number of aryl methyl sites for hydroxylation is 1. The maximum atomic E-state index is 13.6. The summed E-state index contributed by atoms with van der Waals surface area (Å²) in [6.45, 7) is 3.87. The maximum absolute atomic E-state index is 13.6. The molecule has 0 saturated carbocycles. The molecule has 13 nitrogen and oxygen atoms in total. The Labute approximate surface area is 239 Å². The number of nitrogens with one attached hydrogen (secondary N) is 3. The van der Waals surface area contributed by atoms with E-state index in [-0.39, 0.29) is 31.1 Å². The van der Waals surface area contributed by atoms with Crippen LogP contribution in [0.1, 0.15) is 31.3 Å². The Bertz CT molecular complexity index is 1500. The standard InChI is InChI=1S/C25H30F3N5O8S/c1-25(2,3)41-24(37)30-17(10-34)23(36)33-7-12-11-40-21-18(42(38,39)31-16(12)8-33)9-32(4)20(21)22(35)29-13-5-14(26)19(28)15(27)6-13/h5-6,9,12,16-17,31,34H,7-8,10-11H2,1-4H3,(H,29,35)(H,30,37)/t12?,16?,17-/m0/s1. The van der Waals surface area contributed by atoms with E-state index in [1.54, 1.807) is 20.8 Å². The number of rotatable bonds is 5. The fourth-order valence-electron chi connectivity index (χ4n) is 4.65. The number of amides is 3. The van der Waals surface area contributed by atoms with Crippen molar-refractivity contribution >= 4 is 33.6 Å². The lowest BCUT2D eigenvalue weighted by atomic mass is 10.1. The third-order valence-corrected chi connectivity index (χ3v) is 8.00. The molecule has 1 aromatic heterocycles. The maximum Gasteiger partial charge on any atom is 0.408 e. The van der Waals surface area contributed by atoms with Crippen LogP contribution in [0.5, 0.6) is 5.75 Å². The molecule has 3 atom stereocenters. The minimum absolute atomic E-state index is 0.0175. The summed E-state index contributed by atoms with van der Waals surface area (Å²) >= 11 is 0. The van der Waals surface area contributed by atoms with Crippen molar-refractivity contribution in [2.45, 2.75) is 43.4 Å². The first-order valence-electron chi connectivity index (χ1n) is 12.7. The molecule has 2 aliphatic rings. The van der Waals surface area contributed by atoms with E-state index in [2.05, 4.69) is 15.4 Å². The number of hydrogen-bond acceptors (Lipinski definition) is 8. The minimum Gasteiger partial charge on any atom is -0.489 e. The number of nitrogens with zero attached hydrogens (tertiary/aromatic N) is 2. The third kappa shape index (κ3) is 6.47. The molecule has 0 bridgehead atoms. The van der Waals surface area contributed by atoms with Crippen LogP contribution in [0.4, 0.5) is 23.7 Å². The smallest absolute Gasteiger partial charge is 0.408 e. The number of sulfonamides is 1.